The number of rotatable bonds is 5. The maximum atomic E-state index is 6.42. The van der Waals surface area contributed by atoms with Gasteiger partial charge in [0.1, 0.15) is 11.5 Å². The van der Waals surface area contributed by atoms with Gasteiger partial charge in [0.25, 0.3) is 0 Å². The Morgan fingerprint density at radius 3 is 2.54 bits per heavy atom. The standard InChI is InChI=1S/C19H21Cl2NO2/c1-4-22(5-2)18-9-12-8-14(23-3)11-16(19(12)24-18)15-10-13(20)6-7-17(15)21/h6-8,10-11,18H,4-5,9H2,1-3H3. The summed E-state index contributed by atoms with van der Waals surface area (Å²) < 4.78 is 11.8. The molecule has 0 radical (unpaired) electrons. The van der Waals surface area contributed by atoms with Gasteiger partial charge < -0.3 is 9.47 Å². The number of benzene rings is 2. The minimum Gasteiger partial charge on any atom is -0.497 e. The zero-order valence-electron chi connectivity index (χ0n) is 14.1. The van der Waals surface area contributed by atoms with Crippen molar-refractivity contribution in [3.8, 4) is 22.6 Å². The van der Waals surface area contributed by atoms with Crippen LogP contribution >= 0.6 is 23.2 Å². The molecule has 0 bridgehead atoms. The first-order valence-corrected chi connectivity index (χ1v) is 8.90. The van der Waals surface area contributed by atoms with Crippen molar-refractivity contribution in [2.45, 2.75) is 26.5 Å². The molecule has 2 aromatic carbocycles. The second-order valence-electron chi connectivity index (χ2n) is 5.79. The molecule has 0 aromatic heterocycles. The van der Waals surface area contributed by atoms with Gasteiger partial charge in [-0.2, -0.15) is 0 Å². The van der Waals surface area contributed by atoms with Crippen LogP contribution in [0.2, 0.25) is 10.0 Å². The van der Waals surface area contributed by atoms with Crippen molar-refractivity contribution >= 4 is 23.2 Å². The number of likely N-dealkylation sites (N-methyl/N-ethyl adjacent to an activating group) is 1. The Hall–Kier alpha value is -1.42. The van der Waals surface area contributed by atoms with E-state index in [9.17, 15) is 0 Å². The van der Waals surface area contributed by atoms with E-state index in [0.29, 0.717) is 10.0 Å². The van der Waals surface area contributed by atoms with Gasteiger partial charge in [0.2, 0.25) is 0 Å². The van der Waals surface area contributed by atoms with Crippen LogP contribution in [0.15, 0.2) is 30.3 Å². The SMILES string of the molecule is CCN(CC)C1Cc2cc(OC)cc(-c3cc(Cl)ccc3Cl)c2O1. The lowest BCUT2D eigenvalue weighted by atomic mass is 10.00. The lowest BCUT2D eigenvalue weighted by Crippen LogP contribution is -2.38. The monoisotopic (exact) mass is 365 g/mol. The van der Waals surface area contributed by atoms with Crippen molar-refractivity contribution < 1.29 is 9.47 Å². The summed E-state index contributed by atoms with van der Waals surface area (Å²) in [6, 6.07) is 9.46. The smallest absolute Gasteiger partial charge is 0.156 e. The third-order valence-electron chi connectivity index (χ3n) is 4.46. The Balaban J connectivity index is 2.09. The molecule has 0 amide bonds. The molecule has 0 saturated carbocycles. The highest BCUT2D eigenvalue weighted by molar-refractivity contribution is 6.35. The average molecular weight is 366 g/mol. The van der Waals surface area contributed by atoms with E-state index >= 15 is 0 Å². The summed E-state index contributed by atoms with van der Waals surface area (Å²) in [4.78, 5) is 2.30. The molecule has 3 rings (SSSR count). The average Bonchev–Trinajstić information content (AvgIpc) is 3.01. The van der Waals surface area contributed by atoms with Crippen LogP contribution in [0, 0.1) is 0 Å². The van der Waals surface area contributed by atoms with Crippen molar-refractivity contribution in [3.63, 3.8) is 0 Å². The molecular formula is C19H21Cl2NO2. The number of methoxy groups -OCH3 is 1. The minimum atomic E-state index is 0.0406. The predicted octanol–water partition coefficient (Wildman–Crippen LogP) is 5.27. The van der Waals surface area contributed by atoms with Crippen molar-refractivity contribution in [2.75, 3.05) is 20.2 Å². The van der Waals surface area contributed by atoms with E-state index in [1.54, 1.807) is 13.2 Å². The van der Waals surface area contributed by atoms with Crippen LogP contribution < -0.4 is 9.47 Å². The Morgan fingerprint density at radius 2 is 1.88 bits per heavy atom. The fourth-order valence-corrected chi connectivity index (χ4v) is 3.56. The maximum absolute atomic E-state index is 6.42. The lowest BCUT2D eigenvalue weighted by molar-refractivity contribution is 0.0518. The van der Waals surface area contributed by atoms with Gasteiger partial charge in [0.15, 0.2) is 6.23 Å². The fourth-order valence-electron chi connectivity index (χ4n) is 3.17. The third-order valence-corrected chi connectivity index (χ3v) is 5.03. The maximum Gasteiger partial charge on any atom is 0.156 e. The van der Waals surface area contributed by atoms with Crippen LogP contribution in [-0.2, 0) is 6.42 Å². The molecule has 0 fully saturated rings. The molecule has 0 aliphatic carbocycles. The molecule has 2 aromatic rings. The topological polar surface area (TPSA) is 21.7 Å². The first-order chi connectivity index (χ1) is 11.6. The first-order valence-electron chi connectivity index (χ1n) is 8.14. The summed E-state index contributed by atoms with van der Waals surface area (Å²) in [5.41, 5.74) is 2.92. The number of fused-ring (bicyclic) bond motifs is 1. The third kappa shape index (κ3) is 3.21. The van der Waals surface area contributed by atoms with Gasteiger partial charge in [0, 0.05) is 33.2 Å². The molecule has 1 aliphatic rings. The van der Waals surface area contributed by atoms with E-state index in [-0.39, 0.29) is 6.23 Å². The number of ether oxygens (including phenoxy) is 2. The normalized spacial score (nSPS) is 16.2. The van der Waals surface area contributed by atoms with Crippen LogP contribution in [0.3, 0.4) is 0 Å². The molecular weight excluding hydrogens is 345 g/mol. The first kappa shape index (κ1) is 17.4. The van der Waals surface area contributed by atoms with Gasteiger partial charge in [-0.15, -0.1) is 0 Å². The Bertz CT molecular complexity index is 744. The van der Waals surface area contributed by atoms with Gasteiger partial charge in [-0.3, -0.25) is 4.90 Å². The second-order valence-corrected chi connectivity index (χ2v) is 6.63. The Morgan fingerprint density at radius 1 is 1.12 bits per heavy atom. The predicted molar refractivity (Wildman–Crippen MR) is 99.5 cm³/mol. The summed E-state index contributed by atoms with van der Waals surface area (Å²) in [6.45, 7) is 6.18. The molecule has 1 unspecified atom stereocenters. The van der Waals surface area contributed by atoms with Crippen LogP contribution in [-0.4, -0.2) is 31.3 Å². The molecule has 1 heterocycles. The Kier molecular flexibility index (Phi) is 5.24. The highest BCUT2D eigenvalue weighted by Crippen LogP contribution is 2.44. The zero-order chi connectivity index (χ0) is 17.3. The fraction of sp³-hybridized carbons (Fsp3) is 0.368. The van der Waals surface area contributed by atoms with Gasteiger partial charge in [-0.05, 0) is 43.4 Å². The molecule has 0 saturated heterocycles. The molecule has 24 heavy (non-hydrogen) atoms. The molecule has 0 N–H and O–H groups in total. The van der Waals surface area contributed by atoms with Gasteiger partial charge in [-0.1, -0.05) is 37.0 Å². The van der Waals surface area contributed by atoms with E-state index in [4.69, 9.17) is 32.7 Å². The van der Waals surface area contributed by atoms with Crippen LogP contribution in [0.5, 0.6) is 11.5 Å². The van der Waals surface area contributed by atoms with Crippen molar-refractivity contribution in [1.82, 2.24) is 4.90 Å². The van der Waals surface area contributed by atoms with Crippen LogP contribution in [0.1, 0.15) is 19.4 Å². The molecule has 5 heteroatoms. The van der Waals surface area contributed by atoms with Crippen LogP contribution in [0.4, 0.5) is 0 Å². The van der Waals surface area contributed by atoms with Crippen molar-refractivity contribution in [1.29, 1.82) is 0 Å². The summed E-state index contributed by atoms with van der Waals surface area (Å²) in [7, 11) is 1.67. The highest BCUT2D eigenvalue weighted by Gasteiger charge is 2.30. The summed E-state index contributed by atoms with van der Waals surface area (Å²) in [5, 5.41) is 1.29. The number of nitrogens with zero attached hydrogens (tertiary/aromatic N) is 1. The van der Waals surface area contributed by atoms with E-state index in [1.165, 1.54) is 0 Å². The van der Waals surface area contributed by atoms with Gasteiger partial charge in [0.05, 0.1) is 7.11 Å². The lowest BCUT2D eigenvalue weighted by Gasteiger charge is -2.25. The molecule has 1 atom stereocenters. The van der Waals surface area contributed by atoms with Gasteiger partial charge >= 0.3 is 0 Å². The van der Waals surface area contributed by atoms with E-state index in [0.717, 1.165) is 47.7 Å². The van der Waals surface area contributed by atoms with Crippen molar-refractivity contribution in [2.24, 2.45) is 0 Å². The van der Waals surface area contributed by atoms with E-state index < -0.39 is 0 Å². The number of hydrogen-bond acceptors (Lipinski definition) is 3. The second kappa shape index (κ2) is 7.22. The summed E-state index contributed by atoms with van der Waals surface area (Å²) >= 11 is 12.6. The number of hydrogen-bond donors (Lipinski definition) is 0. The van der Waals surface area contributed by atoms with E-state index in [1.807, 2.05) is 24.3 Å². The molecule has 128 valence electrons. The Labute approximate surface area is 153 Å². The largest absolute Gasteiger partial charge is 0.497 e. The van der Waals surface area contributed by atoms with Crippen molar-refractivity contribution in [3.05, 3.63) is 45.9 Å². The number of halogens is 2. The summed E-state index contributed by atoms with van der Waals surface area (Å²) in [6.07, 6.45) is 0.873. The quantitative estimate of drug-likeness (QED) is 0.719. The molecule has 1 aliphatic heterocycles. The van der Waals surface area contributed by atoms with Gasteiger partial charge in [-0.25, -0.2) is 0 Å². The highest BCUT2D eigenvalue weighted by atomic mass is 35.5. The summed E-state index contributed by atoms with van der Waals surface area (Å²) in [5.74, 6) is 1.67. The van der Waals surface area contributed by atoms with E-state index in [2.05, 4.69) is 18.7 Å². The van der Waals surface area contributed by atoms with Crippen LogP contribution in [0.25, 0.3) is 11.1 Å². The zero-order valence-corrected chi connectivity index (χ0v) is 15.6. The minimum absolute atomic E-state index is 0.0406. The molecule has 3 nitrogen and oxygen atoms in total. The molecule has 0 spiro atoms.